The zero-order valence-corrected chi connectivity index (χ0v) is 14.6. The van der Waals surface area contributed by atoms with Crippen LogP contribution < -0.4 is 0 Å². The molecule has 0 spiro atoms. The Bertz CT molecular complexity index is 1010. The largest absolute Gasteiger partial charge is 0.498 e. The third-order valence-corrected chi connectivity index (χ3v) is 6.34. The van der Waals surface area contributed by atoms with E-state index in [-0.39, 0.29) is 23.5 Å². The van der Waals surface area contributed by atoms with Crippen LogP contribution in [0.5, 0.6) is 0 Å². The Hall–Kier alpha value is -2.68. The Morgan fingerprint density at radius 3 is 2.88 bits per heavy atom. The molecular weight excluding hydrogens is 346 g/mol. The Balaban J connectivity index is 2.15. The number of rotatable bonds is 5. The molecule has 0 bridgehead atoms. The molecule has 1 unspecified atom stereocenters. The highest BCUT2D eigenvalue weighted by atomic mass is 32.2. The summed E-state index contributed by atoms with van der Waals surface area (Å²) in [4.78, 5) is 14.8. The number of aromatic nitrogens is 2. The van der Waals surface area contributed by atoms with E-state index in [1.54, 1.807) is 25.1 Å². The van der Waals surface area contributed by atoms with Crippen LogP contribution in [-0.4, -0.2) is 33.7 Å². The van der Waals surface area contributed by atoms with Gasteiger partial charge in [-0.15, -0.1) is 0 Å². The van der Waals surface area contributed by atoms with Gasteiger partial charge in [-0.3, -0.25) is 10.1 Å². The average Bonchev–Trinajstić information content (AvgIpc) is 2.99. The number of nitro groups is 1. The molecular formula is C16H17N3O5S. The van der Waals surface area contributed by atoms with E-state index in [1.807, 2.05) is 0 Å². The van der Waals surface area contributed by atoms with Crippen LogP contribution in [0.15, 0.2) is 54.2 Å². The van der Waals surface area contributed by atoms with Gasteiger partial charge in [0.2, 0.25) is 10.0 Å². The highest BCUT2D eigenvalue weighted by Gasteiger charge is 2.45. The minimum atomic E-state index is -4.01. The predicted octanol–water partition coefficient (Wildman–Crippen LogP) is 2.46. The smallest absolute Gasteiger partial charge is 0.270 e. The van der Waals surface area contributed by atoms with E-state index in [2.05, 4.69) is 4.98 Å². The SMILES string of the molecule is CCOC1=CC([N+](=O)[O-])=CC(C)(S(=O)(=O)n2ccc3cccnc32)C1. The van der Waals surface area contributed by atoms with Crippen molar-refractivity contribution in [2.75, 3.05) is 6.61 Å². The van der Waals surface area contributed by atoms with Crippen molar-refractivity contribution < 1.29 is 18.1 Å². The van der Waals surface area contributed by atoms with E-state index >= 15 is 0 Å². The topological polar surface area (TPSA) is 104 Å². The number of allylic oxidation sites excluding steroid dienone is 2. The third kappa shape index (κ3) is 2.80. The molecule has 0 N–H and O–H groups in total. The lowest BCUT2D eigenvalue weighted by atomic mass is 9.99. The second kappa shape index (κ2) is 5.99. The maximum absolute atomic E-state index is 13.3. The minimum Gasteiger partial charge on any atom is -0.498 e. The molecule has 0 saturated carbocycles. The molecule has 1 aliphatic rings. The van der Waals surface area contributed by atoms with E-state index in [4.69, 9.17) is 4.74 Å². The van der Waals surface area contributed by atoms with Crippen molar-refractivity contribution in [3.05, 3.63) is 64.3 Å². The molecule has 0 amide bonds. The van der Waals surface area contributed by atoms with Crippen molar-refractivity contribution in [1.82, 2.24) is 8.96 Å². The first-order valence-electron chi connectivity index (χ1n) is 7.66. The predicted molar refractivity (Wildman–Crippen MR) is 91.9 cm³/mol. The first-order valence-corrected chi connectivity index (χ1v) is 9.10. The quantitative estimate of drug-likeness (QED) is 0.597. The standard InChI is InChI=1S/C16H17N3O5S/c1-3-24-14-9-13(19(20)21)10-16(2,11-14)25(22,23)18-8-6-12-5-4-7-17-15(12)18/h4-10H,3,11H2,1-2H3. The Morgan fingerprint density at radius 1 is 1.44 bits per heavy atom. The lowest BCUT2D eigenvalue weighted by molar-refractivity contribution is -0.419. The van der Waals surface area contributed by atoms with Gasteiger partial charge in [0, 0.05) is 30.3 Å². The summed E-state index contributed by atoms with van der Waals surface area (Å²) in [6, 6.07) is 5.10. The summed E-state index contributed by atoms with van der Waals surface area (Å²) in [6.45, 7) is 3.48. The zero-order chi connectivity index (χ0) is 18.2. The van der Waals surface area contributed by atoms with Crippen LogP contribution in [0.1, 0.15) is 20.3 Å². The lowest BCUT2D eigenvalue weighted by Gasteiger charge is -2.29. The van der Waals surface area contributed by atoms with Crippen molar-refractivity contribution >= 4 is 21.1 Å². The summed E-state index contributed by atoms with van der Waals surface area (Å²) in [6.07, 6.45) is 5.36. The lowest BCUT2D eigenvalue weighted by Crippen LogP contribution is -2.40. The Kier molecular flexibility index (Phi) is 4.11. The van der Waals surface area contributed by atoms with Gasteiger partial charge in [-0.1, -0.05) is 0 Å². The van der Waals surface area contributed by atoms with Crippen LogP contribution in [0.3, 0.4) is 0 Å². The molecule has 25 heavy (non-hydrogen) atoms. The van der Waals surface area contributed by atoms with E-state index in [0.717, 1.165) is 3.97 Å². The summed E-state index contributed by atoms with van der Waals surface area (Å²) >= 11 is 0. The number of pyridine rings is 1. The van der Waals surface area contributed by atoms with E-state index < -0.39 is 19.7 Å². The number of ether oxygens (including phenoxy) is 1. The molecule has 3 rings (SSSR count). The van der Waals surface area contributed by atoms with Gasteiger partial charge in [-0.2, -0.15) is 0 Å². The van der Waals surface area contributed by atoms with Crippen molar-refractivity contribution in [3.8, 4) is 0 Å². The van der Waals surface area contributed by atoms with Gasteiger partial charge in [0.1, 0.15) is 10.5 Å². The second-order valence-electron chi connectivity index (χ2n) is 5.89. The Labute approximate surface area is 144 Å². The molecule has 8 nitrogen and oxygen atoms in total. The number of hydrogen-bond acceptors (Lipinski definition) is 6. The van der Waals surface area contributed by atoms with E-state index in [0.29, 0.717) is 12.0 Å². The molecule has 1 aliphatic carbocycles. The van der Waals surface area contributed by atoms with Crippen LogP contribution in [0.2, 0.25) is 0 Å². The molecule has 2 aromatic rings. The summed E-state index contributed by atoms with van der Waals surface area (Å²) in [5, 5.41) is 11.9. The molecule has 2 heterocycles. The maximum Gasteiger partial charge on any atom is 0.270 e. The monoisotopic (exact) mass is 363 g/mol. The number of fused-ring (bicyclic) bond motifs is 1. The van der Waals surface area contributed by atoms with Gasteiger partial charge in [-0.05, 0) is 32.0 Å². The fraction of sp³-hybridized carbons (Fsp3) is 0.312. The van der Waals surface area contributed by atoms with Gasteiger partial charge in [-0.25, -0.2) is 17.4 Å². The van der Waals surface area contributed by atoms with E-state index in [9.17, 15) is 18.5 Å². The first-order chi connectivity index (χ1) is 11.8. The van der Waals surface area contributed by atoms with Gasteiger partial charge < -0.3 is 4.74 Å². The van der Waals surface area contributed by atoms with Gasteiger partial charge in [0.15, 0.2) is 5.65 Å². The molecule has 0 fully saturated rings. The Morgan fingerprint density at radius 2 is 2.20 bits per heavy atom. The molecule has 9 heteroatoms. The molecule has 0 aliphatic heterocycles. The highest BCUT2D eigenvalue weighted by Crippen LogP contribution is 2.36. The van der Waals surface area contributed by atoms with Crippen LogP contribution in [0, 0.1) is 10.1 Å². The molecule has 0 aromatic carbocycles. The van der Waals surface area contributed by atoms with Gasteiger partial charge >= 0.3 is 0 Å². The number of nitrogens with zero attached hydrogens (tertiary/aromatic N) is 3. The molecule has 2 aromatic heterocycles. The fourth-order valence-corrected chi connectivity index (χ4v) is 4.52. The minimum absolute atomic E-state index is 0.00696. The second-order valence-corrected chi connectivity index (χ2v) is 8.17. The van der Waals surface area contributed by atoms with Crippen LogP contribution in [0.25, 0.3) is 11.0 Å². The van der Waals surface area contributed by atoms with Crippen molar-refractivity contribution in [3.63, 3.8) is 0 Å². The fourth-order valence-electron chi connectivity index (χ4n) is 2.88. The highest BCUT2D eigenvalue weighted by molar-refractivity contribution is 7.91. The summed E-state index contributed by atoms with van der Waals surface area (Å²) in [5.41, 5.74) is -0.0162. The summed E-state index contributed by atoms with van der Waals surface area (Å²) in [5.74, 6) is 0.271. The van der Waals surface area contributed by atoms with Crippen molar-refractivity contribution in [1.29, 1.82) is 0 Å². The normalized spacial score (nSPS) is 20.9. The first kappa shape index (κ1) is 17.2. The van der Waals surface area contributed by atoms with E-state index in [1.165, 1.54) is 31.5 Å². The van der Waals surface area contributed by atoms with Crippen molar-refractivity contribution in [2.45, 2.75) is 25.0 Å². The summed E-state index contributed by atoms with van der Waals surface area (Å²) < 4.78 is 31.5. The van der Waals surface area contributed by atoms with Crippen LogP contribution in [-0.2, 0) is 14.8 Å². The zero-order valence-electron chi connectivity index (χ0n) is 13.7. The van der Waals surface area contributed by atoms with Crippen molar-refractivity contribution in [2.24, 2.45) is 0 Å². The summed E-state index contributed by atoms with van der Waals surface area (Å²) in [7, 11) is -4.01. The van der Waals surface area contributed by atoms with Gasteiger partial charge in [0.25, 0.3) is 5.70 Å². The molecule has 0 radical (unpaired) electrons. The molecule has 0 saturated heterocycles. The third-order valence-electron chi connectivity index (χ3n) is 4.09. The average molecular weight is 363 g/mol. The molecule has 132 valence electrons. The number of hydrogen-bond donors (Lipinski definition) is 0. The maximum atomic E-state index is 13.3. The van der Waals surface area contributed by atoms with Crippen LogP contribution >= 0.6 is 0 Å². The van der Waals surface area contributed by atoms with Crippen LogP contribution in [0.4, 0.5) is 0 Å². The molecule has 1 atom stereocenters. The van der Waals surface area contributed by atoms with Gasteiger partial charge in [0.05, 0.1) is 17.6 Å².